The standard InChI is InChI=1S/C21H8O12/c22-5-1-3-7(14(26)12(5)24)9-11-10-8-4(2-6(23)13(25)16(8)33-21(11)30)20(29)32-18(10)15(27)17(9)31-19(3)28/h1-2,23-27,30H. The van der Waals surface area contributed by atoms with Gasteiger partial charge in [0.15, 0.2) is 28.2 Å². The van der Waals surface area contributed by atoms with E-state index in [-0.39, 0.29) is 26.9 Å². The molecule has 0 fully saturated rings. The van der Waals surface area contributed by atoms with Crippen molar-refractivity contribution >= 4 is 54.5 Å². The van der Waals surface area contributed by atoms with Crippen molar-refractivity contribution in [2.45, 2.75) is 0 Å². The molecule has 0 unspecified atom stereocenters. The SMILES string of the molecule is O=c1cc2c(=O)oc3c(O)c4oc(=O)c5cc(O)c(O)c6oc(O)c(c3c2c(O)c1O)c4c65. The molecule has 0 bridgehead atoms. The number of phenols is 5. The summed E-state index contributed by atoms with van der Waals surface area (Å²) in [5, 5.41) is 59.8. The maximum absolute atomic E-state index is 12.5. The van der Waals surface area contributed by atoms with Gasteiger partial charge in [0.05, 0.1) is 16.2 Å². The van der Waals surface area contributed by atoms with Gasteiger partial charge in [-0.2, -0.15) is 0 Å². The van der Waals surface area contributed by atoms with Crippen molar-refractivity contribution < 1.29 is 43.9 Å². The Balaban J connectivity index is 2.12. The summed E-state index contributed by atoms with van der Waals surface area (Å²) in [5.41, 5.74) is -5.10. The van der Waals surface area contributed by atoms with Gasteiger partial charge in [-0.15, -0.1) is 0 Å². The van der Waals surface area contributed by atoms with Crippen LogP contribution in [0.4, 0.5) is 0 Å². The molecule has 0 aliphatic rings. The molecule has 0 radical (unpaired) electrons. The van der Waals surface area contributed by atoms with E-state index < -0.39 is 78.9 Å². The predicted octanol–water partition coefficient (Wildman–Crippen LogP) is 1.98. The molecule has 164 valence electrons. The van der Waals surface area contributed by atoms with Gasteiger partial charge in [-0.25, -0.2) is 9.59 Å². The minimum atomic E-state index is -1.19. The molecular weight excluding hydrogens is 444 g/mol. The molecule has 0 aliphatic carbocycles. The molecular formula is C21H8O12. The van der Waals surface area contributed by atoms with Crippen LogP contribution in [-0.4, -0.2) is 30.6 Å². The lowest BCUT2D eigenvalue weighted by atomic mass is 9.96. The quantitative estimate of drug-likeness (QED) is 0.0845. The fourth-order valence-corrected chi connectivity index (χ4v) is 4.22. The lowest BCUT2D eigenvalue weighted by Gasteiger charge is -2.15. The Morgan fingerprint density at radius 1 is 0.515 bits per heavy atom. The lowest BCUT2D eigenvalue weighted by Crippen LogP contribution is -2.07. The Morgan fingerprint density at radius 3 is 1.70 bits per heavy atom. The van der Waals surface area contributed by atoms with Crippen molar-refractivity contribution in [2.75, 3.05) is 0 Å². The van der Waals surface area contributed by atoms with Gasteiger partial charge in [0.25, 0.3) is 5.95 Å². The van der Waals surface area contributed by atoms with Gasteiger partial charge in [0.2, 0.25) is 22.7 Å². The van der Waals surface area contributed by atoms with Crippen molar-refractivity contribution in [1.82, 2.24) is 0 Å². The highest BCUT2D eigenvalue weighted by atomic mass is 16.5. The van der Waals surface area contributed by atoms with Crippen LogP contribution in [0.25, 0.3) is 54.5 Å². The molecule has 0 spiro atoms. The Labute approximate surface area is 176 Å². The van der Waals surface area contributed by atoms with Gasteiger partial charge in [0, 0.05) is 27.6 Å². The van der Waals surface area contributed by atoms with Gasteiger partial charge < -0.3 is 43.9 Å². The first-order chi connectivity index (χ1) is 15.6. The van der Waals surface area contributed by atoms with Crippen molar-refractivity contribution in [3.05, 3.63) is 43.2 Å². The molecule has 6 N–H and O–H groups in total. The average molecular weight is 452 g/mol. The Kier molecular flexibility index (Phi) is 3.14. The van der Waals surface area contributed by atoms with Crippen LogP contribution in [0.2, 0.25) is 0 Å². The summed E-state index contributed by atoms with van der Waals surface area (Å²) in [6.07, 6.45) is 0. The molecule has 0 saturated heterocycles. The highest BCUT2D eigenvalue weighted by Crippen LogP contribution is 2.51. The molecule has 12 nitrogen and oxygen atoms in total. The smallest absolute Gasteiger partial charge is 0.344 e. The first-order valence-electron chi connectivity index (χ1n) is 9.08. The summed E-state index contributed by atoms with van der Waals surface area (Å²) in [7, 11) is 0. The van der Waals surface area contributed by atoms with E-state index >= 15 is 0 Å². The summed E-state index contributed by atoms with van der Waals surface area (Å²) in [6.45, 7) is 0. The number of phenolic OH excluding ortho intramolecular Hbond substituents is 5. The van der Waals surface area contributed by atoms with E-state index in [1.54, 1.807) is 0 Å². The van der Waals surface area contributed by atoms with Crippen molar-refractivity contribution in [2.24, 2.45) is 0 Å². The van der Waals surface area contributed by atoms with Gasteiger partial charge in [-0.3, -0.25) is 4.79 Å². The maximum atomic E-state index is 12.5. The van der Waals surface area contributed by atoms with Gasteiger partial charge in [-0.1, -0.05) is 0 Å². The van der Waals surface area contributed by atoms with Crippen molar-refractivity contribution in [3.63, 3.8) is 0 Å². The fourth-order valence-electron chi connectivity index (χ4n) is 4.22. The molecule has 0 atom stereocenters. The van der Waals surface area contributed by atoms with Gasteiger partial charge >= 0.3 is 11.3 Å². The number of benzene rings is 3. The topological polar surface area (TPSA) is 212 Å². The number of hydrogen-bond donors (Lipinski definition) is 6. The second-order valence-corrected chi connectivity index (χ2v) is 7.31. The largest absolute Gasteiger partial charge is 0.504 e. The average Bonchev–Trinajstić information content (AvgIpc) is 2.77. The molecule has 0 amide bonds. The van der Waals surface area contributed by atoms with Gasteiger partial charge in [0.1, 0.15) is 0 Å². The van der Waals surface area contributed by atoms with E-state index in [0.717, 1.165) is 6.07 Å². The zero-order valence-electron chi connectivity index (χ0n) is 15.8. The summed E-state index contributed by atoms with van der Waals surface area (Å²) in [6, 6.07) is 1.58. The molecule has 3 aromatic heterocycles. The van der Waals surface area contributed by atoms with E-state index in [4.69, 9.17) is 13.3 Å². The van der Waals surface area contributed by atoms with Crippen LogP contribution in [0.15, 0.2) is 39.8 Å². The minimum Gasteiger partial charge on any atom is -0.504 e. The molecule has 0 saturated carbocycles. The summed E-state index contributed by atoms with van der Waals surface area (Å²) >= 11 is 0. The fraction of sp³-hybridized carbons (Fsp3) is 0. The lowest BCUT2D eigenvalue weighted by molar-refractivity contribution is 0.338. The third kappa shape index (κ3) is 2.01. The normalized spacial score (nSPS) is 12.1. The highest BCUT2D eigenvalue weighted by molar-refractivity contribution is 6.33. The number of hydrogen-bond acceptors (Lipinski definition) is 12. The maximum Gasteiger partial charge on any atom is 0.344 e. The van der Waals surface area contributed by atoms with E-state index in [1.165, 1.54) is 0 Å². The molecule has 33 heavy (non-hydrogen) atoms. The summed E-state index contributed by atoms with van der Waals surface area (Å²) < 4.78 is 15.5. The van der Waals surface area contributed by atoms with Crippen LogP contribution in [0.3, 0.4) is 0 Å². The molecule has 12 heteroatoms. The van der Waals surface area contributed by atoms with Crippen LogP contribution in [0.1, 0.15) is 0 Å². The van der Waals surface area contributed by atoms with Crippen molar-refractivity contribution in [1.29, 1.82) is 0 Å². The molecule has 3 aromatic carbocycles. The zero-order chi connectivity index (χ0) is 23.5. The second-order valence-electron chi connectivity index (χ2n) is 7.31. The third-order valence-corrected chi connectivity index (χ3v) is 5.60. The Morgan fingerprint density at radius 2 is 1.06 bits per heavy atom. The van der Waals surface area contributed by atoms with E-state index in [9.17, 15) is 45.0 Å². The second kappa shape index (κ2) is 5.56. The van der Waals surface area contributed by atoms with Crippen LogP contribution in [0.5, 0.6) is 34.7 Å². The van der Waals surface area contributed by atoms with E-state index in [0.29, 0.717) is 6.07 Å². The van der Waals surface area contributed by atoms with Crippen LogP contribution >= 0.6 is 0 Å². The molecule has 6 rings (SSSR count). The van der Waals surface area contributed by atoms with Crippen LogP contribution in [-0.2, 0) is 0 Å². The number of rotatable bonds is 0. The predicted molar refractivity (Wildman–Crippen MR) is 111 cm³/mol. The van der Waals surface area contributed by atoms with E-state index in [2.05, 4.69) is 0 Å². The summed E-state index contributed by atoms with van der Waals surface area (Å²) in [4.78, 5) is 36.9. The summed E-state index contributed by atoms with van der Waals surface area (Å²) in [5.74, 6) is -5.58. The Hall–Kier alpha value is -5.13. The Bertz CT molecular complexity index is 2040. The monoisotopic (exact) mass is 452 g/mol. The number of fused-ring (bicyclic) bond motifs is 4. The minimum absolute atomic E-state index is 0.176. The zero-order valence-corrected chi connectivity index (χ0v) is 15.8. The van der Waals surface area contributed by atoms with Crippen LogP contribution < -0.4 is 16.7 Å². The molecule has 0 aliphatic heterocycles. The number of aromatic hydroxyl groups is 6. The van der Waals surface area contributed by atoms with Crippen LogP contribution in [0, 0.1) is 0 Å². The van der Waals surface area contributed by atoms with Crippen molar-refractivity contribution in [3.8, 4) is 34.7 Å². The third-order valence-electron chi connectivity index (χ3n) is 5.60. The molecule has 6 aromatic rings. The molecule has 3 heterocycles. The van der Waals surface area contributed by atoms with E-state index in [1.807, 2.05) is 0 Å². The van der Waals surface area contributed by atoms with Gasteiger partial charge in [-0.05, 0) is 6.07 Å². The first kappa shape index (κ1) is 18.6. The highest BCUT2D eigenvalue weighted by Gasteiger charge is 2.30. The first-order valence-corrected chi connectivity index (χ1v) is 9.08.